The number of likely N-dealkylation sites (tertiary alicyclic amines) is 1. The molecule has 30 heteroatoms. The van der Waals surface area contributed by atoms with Crippen molar-refractivity contribution >= 4 is 111 Å². The van der Waals surface area contributed by atoms with E-state index in [0.717, 1.165) is 138 Å². The Morgan fingerprint density at radius 1 is 0.922 bits per heavy atom. The highest BCUT2D eigenvalue weighted by atomic mass is 35.5. The van der Waals surface area contributed by atoms with Gasteiger partial charge in [-0.3, -0.25) is 14.6 Å². The van der Waals surface area contributed by atoms with Crippen LogP contribution < -0.4 is 45.6 Å². The van der Waals surface area contributed by atoms with Gasteiger partial charge in [-0.1, -0.05) is 49.2 Å². The number of carbonyl (C=O) groups excluding carboxylic acids is 3. The number of benzene rings is 5. The molecule has 1 amide bonds. The summed E-state index contributed by atoms with van der Waals surface area (Å²) >= 11 is 12.0. The number of primary amides is 1. The number of nitrogens with two attached hydrogens (primary N) is 2. The number of halogens is 2. The van der Waals surface area contributed by atoms with Crippen molar-refractivity contribution in [1.29, 1.82) is 0 Å². The zero-order valence-corrected chi connectivity index (χ0v) is 69.4. The molecular formula is C85H102Cl2N11O15S2+. The number of Topliss-reactive ketones (excluding diaryl/α,β-unsaturated/α-hetero) is 1. The molecule has 2 saturated heterocycles. The van der Waals surface area contributed by atoms with E-state index in [-0.39, 0.29) is 63.0 Å². The maximum absolute atomic E-state index is 12.6. The van der Waals surface area contributed by atoms with Crippen LogP contribution in [0.25, 0.3) is 43.8 Å². The van der Waals surface area contributed by atoms with Gasteiger partial charge in [0.25, 0.3) is 0 Å². The van der Waals surface area contributed by atoms with Crippen molar-refractivity contribution in [3.05, 3.63) is 189 Å². The highest BCUT2D eigenvalue weighted by molar-refractivity contribution is 7.90. The molecule has 1 saturated carbocycles. The van der Waals surface area contributed by atoms with E-state index in [1.54, 1.807) is 33.5 Å². The Kier molecular flexibility index (Phi) is 26.9. The molecule has 9 heterocycles. The number of carboxylic acids is 1. The molecule has 0 radical (unpaired) electrons. The van der Waals surface area contributed by atoms with Gasteiger partial charge in [-0.05, 0) is 217 Å². The Balaban J connectivity index is 0.000000133. The lowest BCUT2D eigenvalue weighted by molar-refractivity contribution is -0.686. The number of amides is 1. The summed E-state index contributed by atoms with van der Waals surface area (Å²) in [5, 5.41) is 21.0. The van der Waals surface area contributed by atoms with Crippen molar-refractivity contribution in [2.75, 3.05) is 111 Å². The van der Waals surface area contributed by atoms with Gasteiger partial charge in [0.05, 0.1) is 94.3 Å². The molecule has 0 bridgehead atoms. The predicted molar refractivity (Wildman–Crippen MR) is 445 cm³/mol. The molecule has 1 unspecified atom stereocenters. The minimum atomic E-state index is -3.61. The van der Waals surface area contributed by atoms with E-state index < -0.39 is 49.3 Å². The van der Waals surface area contributed by atoms with Crippen molar-refractivity contribution in [3.63, 3.8) is 0 Å². The lowest BCUT2D eigenvalue weighted by Gasteiger charge is -2.40. The number of aromatic nitrogens is 3. The number of allylic oxidation sites excluding steroid dienone is 2. The summed E-state index contributed by atoms with van der Waals surface area (Å²) in [5.74, 6) is 2.01. The second-order valence-corrected chi connectivity index (χ2v) is 34.9. The molecule has 0 spiro atoms. The van der Waals surface area contributed by atoms with Gasteiger partial charge in [0.2, 0.25) is 27.3 Å². The number of hydrogen-bond acceptors (Lipinski definition) is 21. The molecule has 9 aromatic rings. The number of nitrogens with one attached hydrogen (secondary N) is 4. The van der Waals surface area contributed by atoms with Crippen molar-refractivity contribution in [2.45, 2.75) is 114 Å². The highest BCUT2D eigenvalue weighted by Crippen LogP contribution is 2.65. The molecule has 612 valence electrons. The number of sulfone groups is 1. The number of hydrogen-bond donors (Lipinski definition) is 7. The molecule has 5 aromatic carbocycles. The van der Waals surface area contributed by atoms with Crippen molar-refractivity contribution in [3.8, 4) is 28.5 Å². The fourth-order valence-electron chi connectivity index (χ4n) is 16.6. The number of anilines is 2. The monoisotopic (exact) mass is 1650 g/mol. The fraction of sp³-hybridized carbons (Fsp3) is 0.412. The summed E-state index contributed by atoms with van der Waals surface area (Å²) in [6.45, 7) is 15.1. The Labute approximate surface area is 680 Å². The number of aromatic carboxylic acids is 1. The topological polar surface area (TPSA) is 346 Å². The number of rotatable bonds is 24. The molecule has 9 N–H and O–H groups in total. The summed E-state index contributed by atoms with van der Waals surface area (Å²) in [5.41, 5.74) is 21.4. The van der Waals surface area contributed by atoms with Crippen LogP contribution in [0, 0.1) is 17.8 Å². The molecule has 7 aliphatic rings. The molecule has 2 aliphatic carbocycles. The first-order valence-corrected chi connectivity index (χ1v) is 43.1. The van der Waals surface area contributed by atoms with Crippen LogP contribution in [0.15, 0.2) is 154 Å². The van der Waals surface area contributed by atoms with Gasteiger partial charge in [0, 0.05) is 102 Å². The number of sulfonamides is 1. The number of methoxy groups -OCH3 is 3. The Hall–Kier alpha value is -9.78. The number of carbonyl (C=O) groups is 4. The van der Waals surface area contributed by atoms with Gasteiger partial charge >= 0.3 is 12.1 Å². The third-order valence-corrected chi connectivity index (χ3v) is 25.7. The quantitative estimate of drug-likeness (QED) is 0.0218. The van der Waals surface area contributed by atoms with Crippen LogP contribution >= 0.6 is 23.2 Å². The van der Waals surface area contributed by atoms with E-state index >= 15 is 0 Å². The summed E-state index contributed by atoms with van der Waals surface area (Å²) in [6.07, 6.45) is 18.4. The second kappa shape index (κ2) is 36.6. The molecule has 26 nitrogen and oxygen atoms in total. The first-order chi connectivity index (χ1) is 55.1. The number of aryl methyl sites for hydroxylation is 3. The number of piperidine rings is 2. The van der Waals surface area contributed by atoms with Crippen LogP contribution in [-0.2, 0) is 71.3 Å². The summed E-state index contributed by atoms with van der Waals surface area (Å²) in [6, 6.07) is 31.2. The largest absolute Gasteiger partial charge is 0.493 e. The number of carboxylic acid groups (broad SMARTS) is 1. The minimum absolute atomic E-state index is 0.0376. The van der Waals surface area contributed by atoms with Crippen LogP contribution in [0.5, 0.6) is 17.2 Å². The first-order valence-electron chi connectivity index (χ1n) is 38.8. The average molecular weight is 1650 g/mol. The summed E-state index contributed by atoms with van der Waals surface area (Å²) < 4.78 is 83.8. The molecule has 5 atom stereocenters. The van der Waals surface area contributed by atoms with Gasteiger partial charge in [-0.15, -0.1) is 0 Å². The Bertz CT molecular complexity index is 5420. The van der Waals surface area contributed by atoms with Crippen LogP contribution in [0.4, 0.5) is 16.2 Å². The average Bonchev–Trinajstić information content (AvgIpc) is 1.50. The highest BCUT2D eigenvalue weighted by Gasteiger charge is 2.72. The van der Waals surface area contributed by atoms with Gasteiger partial charge in [-0.25, -0.2) is 31.1 Å². The smallest absolute Gasteiger partial charge is 0.404 e. The van der Waals surface area contributed by atoms with Gasteiger partial charge in [-0.2, -0.15) is 4.57 Å². The molecule has 115 heavy (non-hydrogen) atoms. The standard InChI is InChI=1S/C21H20NO3.C19H28ClN3.C17H25N3O2S.C15H17N3O5.C13H12ClNO5S/c1-23-19-4-3-13-10-18-16-11-20-15(6-8-25-20)9-14(16)5-7-22(18)12-17(13)21(19)24-2;1-4-12-23(5-2)13-6-7-15(3)22-18-10-11-21-19-14-16(20)8-9-17(18)19;1-18-23(21,22)10-7-13-3-4-17-15(11-13)16(12-19-17)14-5-8-20(2)9-6-14;1-22-15-7-2-6(7)4-18(15)12-10(19)3-9(16)13(20)11(12)8(15)5-23-14(17)21;1-21(18,19)12-5-9(13(16)17)11(6-10(12)14)15-7-8-3-2-4-20-8/h3-4,9-12H,5-8H2,1-2H3;8-11,14-15H,4-7,12-13H2,1-3H3,(H,21,22);3-4,11-12,14,18-19H,5-10H2,1-2H3;3,6-8H,2,4-5,16H2,1H3,(H2,17,21);2-6,15H,7H2,1H3,(H,16,17)/q+1;;;;/t;;;6-,7-,8+,15-;/m...0./s1. The molecule has 4 aromatic heterocycles. The lowest BCUT2D eigenvalue weighted by atomic mass is 9.83. The lowest BCUT2D eigenvalue weighted by Crippen LogP contribution is -2.51. The Morgan fingerprint density at radius 2 is 1.71 bits per heavy atom. The van der Waals surface area contributed by atoms with E-state index in [4.69, 9.17) is 62.8 Å². The number of ether oxygens (including phenoxy) is 5. The van der Waals surface area contributed by atoms with Gasteiger partial charge < -0.3 is 75.0 Å². The predicted octanol–water partition coefficient (Wildman–Crippen LogP) is 12.5. The minimum Gasteiger partial charge on any atom is -0.493 e. The molecule has 3 fully saturated rings. The first kappa shape index (κ1) is 84.6. The van der Waals surface area contributed by atoms with Crippen molar-refractivity contribution < 1.29 is 73.8 Å². The maximum atomic E-state index is 12.6. The maximum Gasteiger partial charge on any atom is 0.404 e. The zero-order chi connectivity index (χ0) is 82.2. The van der Waals surface area contributed by atoms with Gasteiger partial charge in [0.15, 0.2) is 39.8 Å². The van der Waals surface area contributed by atoms with Crippen LogP contribution in [-0.4, -0.2) is 182 Å². The van der Waals surface area contributed by atoms with E-state index in [9.17, 15) is 41.1 Å². The zero-order valence-electron chi connectivity index (χ0n) is 66.3. The number of ketones is 2. The number of furan rings is 1. The van der Waals surface area contributed by atoms with Crippen LogP contribution in [0.2, 0.25) is 10.0 Å². The summed E-state index contributed by atoms with van der Waals surface area (Å²) in [4.78, 5) is 61.6. The van der Waals surface area contributed by atoms with Crippen molar-refractivity contribution in [1.82, 2.24) is 29.4 Å². The number of H-pyrrole nitrogens is 1. The Morgan fingerprint density at radius 3 is 2.41 bits per heavy atom. The summed E-state index contributed by atoms with van der Waals surface area (Å²) in [7, 11) is 1.79. The third-order valence-electron chi connectivity index (χ3n) is 22.6. The van der Waals surface area contributed by atoms with Crippen LogP contribution in [0.1, 0.15) is 104 Å². The SMILES string of the molecule is CCCN(CC)CCCC(C)Nc1ccnc2cc(Cl)ccc12.CNS(=O)(=O)CCc1ccc2[nH]cc(C3CCN(C)CC3)c2c1.CO[C@@]12[C@H](COC(N)=O)C3=C(C(=O)C=C(N)C3=O)N1C[C@@H]1C[C@@H]12.COc1ccc2cc3[n+](cc2c1OC)CCc1cc2c(cc1-3)OCC2.CS(=O)(=O)c1cc(C(=O)O)c(NCc2ccco2)cc1Cl. The fourth-order valence-corrected chi connectivity index (χ4v) is 18.8. The molecular weight excluding hydrogens is 1550 g/mol. The number of nitrogens with zero attached hydrogens (tertiary/aromatic N) is 5. The molecule has 16 rings (SSSR count). The molecule has 5 aliphatic heterocycles. The van der Waals surface area contributed by atoms with E-state index in [1.807, 2.05) is 47.5 Å². The van der Waals surface area contributed by atoms with E-state index in [1.165, 1.54) is 91.5 Å². The van der Waals surface area contributed by atoms with Crippen LogP contribution in [0.3, 0.4) is 0 Å². The number of fused-ring (bicyclic) bond motifs is 11. The van der Waals surface area contributed by atoms with Crippen molar-refractivity contribution in [2.24, 2.45) is 29.2 Å². The third kappa shape index (κ3) is 19.0. The normalized spacial score (nSPS) is 18.8. The number of pyridine rings is 2. The second-order valence-electron chi connectivity index (χ2n) is 30.0. The van der Waals surface area contributed by atoms with E-state index in [0.29, 0.717) is 42.3 Å². The van der Waals surface area contributed by atoms with E-state index in [2.05, 4.69) is 116 Å². The van der Waals surface area contributed by atoms with Gasteiger partial charge in [0.1, 0.15) is 18.1 Å². The number of aromatic amines is 1.